The zero-order chi connectivity index (χ0) is 7.56. The second-order valence-electron chi connectivity index (χ2n) is 2.28. The van der Waals surface area contributed by atoms with Crippen molar-refractivity contribution in [1.29, 1.82) is 0 Å². The van der Waals surface area contributed by atoms with Crippen molar-refractivity contribution in [3.63, 3.8) is 0 Å². The van der Waals surface area contributed by atoms with Gasteiger partial charge in [-0.15, -0.1) is 0 Å². The van der Waals surface area contributed by atoms with Gasteiger partial charge in [-0.05, 0) is 19.2 Å². The van der Waals surface area contributed by atoms with Crippen molar-refractivity contribution < 1.29 is 0 Å². The van der Waals surface area contributed by atoms with Crippen LogP contribution in [-0.4, -0.2) is 12.0 Å². The number of rotatable bonds is 2. The molecule has 0 aliphatic rings. The first-order valence-corrected chi connectivity index (χ1v) is 3.25. The van der Waals surface area contributed by atoms with Gasteiger partial charge in [0.1, 0.15) is 0 Å². The van der Waals surface area contributed by atoms with Crippen LogP contribution in [0.4, 0.5) is 5.69 Å². The van der Waals surface area contributed by atoms with Gasteiger partial charge in [-0.25, -0.2) is 0 Å². The summed E-state index contributed by atoms with van der Waals surface area (Å²) in [5.74, 6) is 0. The van der Waals surface area contributed by atoms with Crippen LogP contribution in [-0.2, 0) is 0 Å². The fourth-order valence-corrected chi connectivity index (χ4v) is 0.925. The van der Waals surface area contributed by atoms with Crippen LogP contribution >= 0.6 is 0 Å². The number of H-pyrrole nitrogens is 1. The minimum absolute atomic E-state index is 1.17. The number of aryl methyl sites for hydroxylation is 1. The summed E-state index contributed by atoms with van der Waals surface area (Å²) < 4.78 is 0. The summed E-state index contributed by atoms with van der Waals surface area (Å²) in [5, 5.41) is 0. The molecule has 2 heteroatoms. The Labute approximate surface area is 61.2 Å². The van der Waals surface area contributed by atoms with E-state index >= 15 is 0 Å². The lowest BCUT2D eigenvalue weighted by atomic mass is 10.4. The van der Waals surface area contributed by atoms with Crippen molar-refractivity contribution in [1.82, 2.24) is 4.98 Å². The van der Waals surface area contributed by atoms with Crippen molar-refractivity contribution in [3.8, 4) is 0 Å². The topological polar surface area (TPSA) is 19.0 Å². The van der Waals surface area contributed by atoms with Crippen LogP contribution in [0.3, 0.4) is 0 Å². The molecular weight excluding hydrogens is 124 g/mol. The van der Waals surface area contributed by atoms with Crippen molar-refractivity contribution in [3.05, 3.63) is 30.7 Å². The number of hydrogen-bond acceptors (Lipinski definition) is 1. The molecule has 0 atom stereocenters. The Morgan fingerprint density at radius 1 is 1.70 bits per heavy atom. The van der Waals surface area contributed by atoms with Crippen LogP contribution in [0, 0.1) is 6.92 Å². The highest BCUT2D eigenvalue weighted by molar-refractivity contribution is 5.51. The van der Waals surface area contributed by atoms with Crippen molar-refractivity contribution >= 4 is 5.69 Å². The number of aromatic amines is 1. The quantitative estimate of drug-likeness (QED) is 0.658. The van der Waals surface area contributed by atoms with E-state index in [2.05, 4.69) is 11.6 Å². The number of hydrogen-bond donors (Lipinski definition) is 1. The number of nitrogens with one attached hydrogen (secondary N) is 1. The summed E-state index contributed by atoms with van der Waals surface area (Å²) in [5.41, 5.74) is 2.34. The van der Waals surface area contributed by atoms with E-state index in [0.29, 0.717) is 0 Å². The van der Waals surface area contributed by atoms with E-state index in [1.165, 1.54) is 11.4 Å². The Hall–Kier alpha value is -1.18. The summed E-state index contributed by atoms with van der Waals surface area (Å²) >= 11 is 0. The van der Waals surface area contributed by atoms with Crippen molar-refractivity contribution in [2.75, 3.05) is 11.9 Å². The summed E-state index contributed by atoms with van der Waals surface area (Å²) in [6, 6.07) is 2.02. The molecule has 10 heavy (non-hydrogen) atoms. The van der Waals surface area contributed by atoms with E-state index in [1.807, 2.05) is 31.1 Å². The highest BCUT2D eigenvalue weighted by atomic mass is 15.1. The van der Waals surface area contributed by atoms with E-state index in [9.17, 15) is 0 Å². The highest BCUT2D eigenvalue weighted by Crippen LogP contribution is 2.15. The average Bonchev–Trinajstić information content (AvgIpc) is 2.34. The van der Waals surface area contributed by atoms with Crippen LogP contribution < -0.4 is 4.90 Å². The Morgan fingerprint density at radius 3 is 2.80 bits per heavy atom. The predicted octanol–water partition coefficient (Wildman–Crippen LogP) is 1.90. The molecule has 0 saturated carbocycles. The third-order valence-electron chi connectivity index (χ3n) is 1.58. The first-order chi connectivity index (χ1) is 4.75. The fourth-order valence-electron chi connectivity index (χ4n) is 0.925. The largest absolute Gasteiger partial charge is 0.363 e. The monoisotopic (exact) mass is 136 g/mol. The molecule has 0 radical (unpaired) electrons. The SMILES string of the molecule is C=CN(C)c1cc[nH]c1C. The molecule has 1 aromatic heterocycles. The molecule has 54 valence electrons. The van der Waals surface area contributed by atoms with Gasteiger partial charge in [0.25, 0.3) is 0 Å². The first kappa shape index (κ1) is 6.93. The summed E-state index contributed by atoms with van der Waals surface area (Å²) in [7, 11) is 1.98. The van der Waals surface area contributed by atoms with E-state index in [4.69, 9.17) is 0 Å². The zero-order valence-corrected chi connectivity index (χ0v) is 6.39. The van der Waals surface area contributed by atoms with Gasteiger partial charge in [-0.1, -0.05) is 6.58 Å². The summed E-state index contributed by atoms with van der Waals surface area (Å²) in [6.45, 7) is 5.71. The third-order valence-corrected chi connectivity index (χ3v) is 1.58. The Kier molecular flexibility index (Phi) is 1.81. The van der Waals surface area contributed by atoms with Crippen molar-refractivity contribution in [2.24, 2.45) is 0 Å². The molecule has 0 aliphatic heterocycles. The molecule has 1 heterocycles. The van der Waals surface area contributed by atoms with Gasteiger partial charge in [0, 0.05) is 18.9 Å². The lowest BCUT2D eigenvalue weighted by Gasteiger charge is -2.11. The van der Waals surface area contributed by atoms with Gasteiger partial charge in [0.15, 0.2) is 0 Å². The Balaban J connectivity index is 2.92. The van der Waals surface area contributed by atoms with Gasteiger partial charge in [-0.2, -0.15) is 0 Å². The molecule has 2 nitrogen and oxygen atoms in total. The van der Waals surface area contributed by atoms with E-state index < -0.39 is 0 Å². The van der Waals surface area contributed by atoms with Gasteiger partial charge >= 0.3 is 0 Å². The smallest absolute Gasteiger partial charge is 0.0611 e. The van der Waals surface area contributed by atoms with Gasteiger partial charge in [0.05, 0.1) is 5.69 Å². The maximum absolute atomic E-state index is 3.67. The van der Waals surface area contributed by atoms with Crippen LogP contribution in [0.25, 0.3) is 0 Å². The second kappa shape index (κ2) is 2.60. The van der Waals surface area contributed by atoms with E-state index in [1.54, 1.807) is 6.20 Å². The maximum Gasteiger partial charge on any atom is 0.0611 e. The average molecular weight is 136 g/mol. The fraction of sp³-hybridized carbons (Fsp3) is 0.250. The molecule has 0 fully saturated rings. The first-order valence-electron chi connectivity index (χ1n) is 3.25. The molecule has 0 spiro atoms. The van der Waals surface area contributed by atoms with Crippen LogP contribution in [0.5, 0.6) is 0 Å². The standard InChI is InChI=1S/C8H12N2/c1-4-10(3)8-5-6-9-7(8)2/h4-6,9H,1H2,2-3H3. The molecule has 0 unspecified atom stereocenters. The lowest BCUT2D eigenvalue weighted by Crippen LogP contribution is -2.06. The van der Waals surface area contributed by atoms with Gasteiger partial charge < -0.3 is 9.88 Å². The molecule has 1 N–H and O–H groups in total. The highest BCUT2D eigenvalue weighted by Gasteiger charge is 1.99. The number of aromatic nitrogens is 1. The predicted molar refractivity (Wildman–Crippen MR) is 44.1 cm³/mol. The van der Waals surface area contributed by atoms with Gasteiger partial charge in [-0.3, -0.25) is 0 Å². The number of nitrogens with zero attached hydrogens (tertiary/aromatic N) is 1. The normalized spacial score (nSPS) is 9.40. The minimum atomic E-state index is 1.17. The van der Waals surface area contributed by atoms with E-state index in [-0.39, 0.29) is 0 Å². The Bertz CT molecular complexity index is 225. The molecule has 0 amide bonds. The van der Waals surface area contributed by atoms with Crippen LogP contribution in [0.15, 0.2) is 25.0 Å². The molecule has 0 bridgehead atoms. The van der Waals surface area contributed by atoms with Gasteiger partial charge in [0.2, 0.25) is 0 Å². The van der Waals surface area contributed by atoms with Crippen molar-refractivity contribution in [2.45, 2.75) is 6.92 Å². The summed E-state index contributed by atoms with van der Waals surface area (Å²) in [4.78, 5) is 5.07. The minimum Gasteiger partial charge on any atom is -0.363 e. The van der Waals surface area contributed by atoms with Crippen LogP contribution in [0.1, 0.15) is 5.69 Å². The molecule has 0 aromatic carbocycles. The molecule has 1 rings (SSSR count). The Morgan fingerprint density at radius 2 is 2.40 bits per heavy atom. The molecule has 0 aliphatic carbocycles. The molecule has 1 aromatic rings. The molecule has 0 saturated heterocycles. The van der Waals surface area contributed by atoms with Crippen LogP contribution in [0.2, 0.25) is 0 Å². The van der Waals surface area contributed by atoms with E-state index in [0.717, 1.165) is 0 Å². The maximum atomic E-state index is 3.67. The third kappa shape index (κ3) is 1.05. The second-order valence-corrected chi connectivity index (χ2v) is 2.28. The zero-order valence-electron chi connectivity index (χ0n) is 6.39. The summed E-state index contributed by atoms with van der Waals surface area (Å²) in [6.07, 6.45) is 3.71. The number of anilines is 1. The molecular formula is C8H12N2. The lowest BCUT2D eigenvalue weighted by molar-refractivity contribution is 1.17.